The molecule has 0 aromatic rings. The van der Waals surface area contributed by atoms with Gasteiger partial charge < -0.3 is 33.3 Å². The summed E-state index contributed by atoms with van der Waals surface area (Å²) >= 11 is 0. The third kappa shape index (κ3) is 46.8. The highest BCUT2D eigenvalue weighted by Crippen LogP contribution is 2.14. The molecule has 2 unspecified atom stereocenters. The first-order valence-electron chi connectivity index (χ1n) is 25.4. The molecule has 0 saturated carbocycles. The lowest BCUT2D eigenvalue weighted by Crippen LogP contribution is -2.44. The molecule has 9 heteroatoms. The Morgan fingerprint density at radius 2 is 0.905 bits per heavy atom. The average molecular weight is 886 g/mol. The number of ether oxygens (including phenoxy) is 4. The van der Waals surface area contributed by atoms with Crippen molar-refractivity contribution < 1.29 is 42.9 Å². The first kappa shape index (κ1) is 60.0. The van der Waals surface area contributed by atoms with Gasteiger partial charge in [-0.2, -0.15) is 0 Å². The number of esters is 2. The van der Waals surface area contributed by atoms with Crippen LogP contribution in [0.1, 0.15) is 206 Å². The SMILES string of the molecule is CC/C=C\C/C=C\C/C=C\C/C=C\CCCCCCCCC(=O)OC(COC(=O)CCCCCCCCCCC/C=C\CCCCCCCC)COC(OCC[N+](C)(C)C)C(=O)[O-]. The summed E-state index contributed by atoms with van der Waals surface area (Å²) in [7, 11) is 5.91. The summed E-state index contributed by atoms with van der Waals surface area (Å²) < 4.78 is 22.6. The normalized spacial score (nSPS) is 13.3. The number of carbonyl (C=O) groups is 3. The zero-order valence-corrected chi connectivity index (χ0v) is 41.2. The molecule has 0 radical (unpaired) electrons. The van der Waals surface area contributed by atoms with Crippen LogP contribution in [0.25, 0.3) is 0 Å². The van der Waals surface area contributed by atoms with E-state index in [0.717, 1.165) is 83.5 Å². The molecular weight excluding hydrogens is 791 g/mol. The minimum absolute atomic E-state index is 0.142. The summed E-state index contributed by atoms with van der Waals surface area (Å²) in [6, 6.07) is 0. The van der Waals surface area contributed by atoms with Crippen molar-refractivity contribution in [2.75, 3.05) is 47.5 Å². The smallest absolute Gasteiger partial charge is 0.306 e. The molecule has 0 bridgehead atoms. The van der Waals surface area contributed by atoms with Crippen LogP contribution in [0.15, 0.2) is 60.8 Å². The van der Waals surface area contributed by atoms with Crippen molar-refractivity contribution >= 4 is 17.9 Å². The molecule has 0 N–H and O–H groups in total. The summed E-state index contributed by atoms with van der Waals surface area (Å²) in [5, 5.41) is 11.7. The van der Waals surface area contributed by atoms with Crippen LogP contribution >= 0.6 is 0 Å². The van der Waals surface area contributed by atoms with E-state index >= 15 is 0 Å². The first-order valence-corrected chi connectivity index (χ1v) is 25.4. The van der Waals surface area contributed by atoms with Crippen LogP contribution in [0.4, 0.5) is 0 Å². The van der Waals surface area contributed by atoms with Crippen LogP contribution in [-0.4, -0.2) is 82.3 Å². The first-order chi connectivity index (χ1) is 30.6. The Hall–Kier alpha value is -3.01. The van der Waals surface area contributed by atoms with Crippen molar-refractivity contribution in [3.05, 3.63) is 60.8 Å². The minimum atomic E-state index is -1.63. The fraction of sp³-hybridized carbons (Fsp3) is 0.759. The third-order valence-corrected chi connectivity index (χ3v) is 10.7. The molecule has 0 fully saturated rings. The van der Waals surface area contributed by atoms with E-state index in [2.05, 4.69) is 74.6 Å². The molecule has 0 aromatic heterocycles. The number of hydrogen-bond donors (Lipinski definition) is 0. The van der Waals surface area contributed by atoms with Gasteiger partial charge in [0.25, 0.3) is 0 Å². The lowest BCUT2D eigenvalue weighted by atomic mass is 10.1. The van der Waals surface area contributed by atoms with Gasteiger partial charge in [-0.15, -0.1) is 0 Å². The molecule has 0 amide bonds. The number of allylic oxidation sites excluding steroid dienone is 10. The van der Waals surface area contributed by atoms with Gasteiger partial charge in [0.05, 0.1) is 40.3 Å². The van der Waals surface area contributed by atoms with Gasteiger partial charge in [0, 0.05) is 12.8 Å². The molecular formula is C54H95NO8. The number of hydrogen-bond acceptors (Lipinski definition) is 8. The van der Waals surface area contributed by atoms with Crippen LogP contribution < -0.4 is 5.11 Å². The molecule has 0 aliphatic rings. The van der Waals surface area contributed by atoms with Gasteiger partial charge in [-0.3, -0.25) is 9.59 Å². The van der Waals surface area contributed by atoms with E-state index in [9.17, 15) is 19.5 Å². The number of unbranched alkanes of at least 4 members (excludes halogenated alkanes) is 21. The molecule has 9 nitrogen and oxygen atoms in total. The zero-order valence-electron chi connectivity index (χ0n) is 41.2. The lowest BCUT2D eigenvalue weighted by molar-refractivity contribution is -0.870. The molecule has 0 heterocycles. The van der Waals surface area contributed by atoms with Crippen LogP contribution in [-0.2, 0) is 33.3 Å². The second kappa shape index (κ2) is 45.6. The standard InChI is InChI=1S/C54H95NO8/c1-6-8-10-12-14-16-18-20-22-24-26-28-30-32-34-36-38-40-42-44-51(56)61-48-50(49-62-54(53(58)59)60-47-46-55(3,4)5)63-52(57)45-43-41-39-37-35-33-31-29-27-25-23-21-19-17-15-13-11-9-7-2/h9,11,15,17,20-23,27,29,50,54H,6-8,10,12-14,16,18-19,24-26,28,30-49H2,1-5H3/b11-9-,17-15-,22-20-,23-21-,29-27-. The predicted octanol–water partition coefficient (Wildman–Crippen LogP) is 12.8. The maximum absolute atomic E-state index is 12.8. The molecule has 0 aliphatic carbocycles. The van der Waals surface area contributed by atoms with Gasteiger partial charge >= 0.3 is 11.9 Å². The van der Waals surface area contributed by atoms with E-state index in [0.29, 0.717) is 17.4 Å². The van der Waals surface area contributed by atoms with Gasteiger partial charge in [-0.1, -0.05) is 177 Å². The number of likely N-dealkylation sites (N-methyl/N-ethyl adjacent to an activating group) is 1. The topological polar surface area (TPSA) is 111 Å². The zero-order chi connectivity index (χ0) is 46.3. The number of rotatable bonds is 46. The molecule has 0 saturated heterocycles. The van der Waals surface area contributed by atoms with Crippen LogP contribution in [0.3, 0.4) is 0 Å². The van der Waals surface area contributed by atoms with E-state index in [1.807, 2.05) is 21.1 Å². The number of nitrogens with zero attached hydrogens (tertiary/aromatic N) is 1. The van der Waals surface area contributed by atoms with Crippen molar-refractivity contribution in [3.63, 3.8) is 0 Å². The molecule has 63 heavy (non-hydrogen) atoms. The maximum atomic E-state index is 12.8. The Morgan fingerprint density at radius 3 is 1.37 bits per heavy atom. The fourth-order valence-corrected chi connectivity index (χ4v) is 6.81. The second-order valence-electron chi connectivity index (χ2n) is 18.1. The van der Waals surface area contributed by atoms with Gasteiger partial charge in [-0.05, 0) is 77.0 Å². The van der Waals surface area contributed by atoms with E-state index in [1.165, 1.54) is 89.9 Å². The van der Waals surface area contributed by atoms with Crippen molar-refractivity contribution in [2.24, 2.45) is 0 Å². The number of carboxylic acids is 1. The van der Waals surface area contributed by atoms with Crippen molar-refractivity contribution in [2.45, 2.75) is 219 Å². The number of aliphatic carboxylic acids is 1. The lowest BCUT2D eigenvalue weighted by Gasteiger charge is -2.26. The van der Waals surface area contributed by atoms with Crippen molar-refractivity contribution in [1.82, 2.24) is 0 Å². The summed E-state index contributed by atoms with van der Waals surface area (Å²) in [6.07, 6.45) is 52.5. The van der Waals surface area contributed by atoms with Crippen LogP contribution in [0, 0.1) is 0 Å². The molecule has 0 aromatic carbocycles. The molecule has 364 valence electrons. The molecule has 0 spiro atoms. The van der Waals surface area contributed by atoms with Crippen LogP contribution in [0.5, 0.6) is 0 Å². The van der Waals surface area contributed by atoms with E-state index in [1.54, 1.807) is 0 Å². The Morgan fingerprint density at radius 1 is 0.492 bits per heavy atom. The quantitative estimate of drug-likeness (QED) is 0.0195. The molecule has 0 aliphatic heterocycles. The summed E-state index contributed by atoms with van der Waals surface area (Å²) in [5.41, 5.74) is 0. The van der Waals surface area contributed by atoms with E-state index in [-0.39, 0.29) is 38.6 Å². The average Bonchev–Trinajstić information content (AvgIpc) is 3.24. The Kier molecular flexibility index (Phi) is 43.4. The number of carboxylic acid groups (broad SMARTS) is 1. The Labute approximate surface area is 386 Å². The molecule has 0 rings (SSSR count). The number of quaternary nitrogens is 1. The van der Waals surface area contributed by atoms with Gasteiger partial charge in [0.15, 0.2) is 12.4 Å². The fourth-order valence-electron chi connectivity index (χ4n) is 6.81. The van der Waals surface area contributed by atoms with E-state index < -0.39 is 24.3 Å². The van der Waals surface area contributed by atoms with Crippen molar-refractivity contribution in [1.29, 1.82) is 0 Å². The Balaban J connectivity index is 4.38. The summed E-state index contributed by atoms with van der Waals surface area (Å²) in [6.45, 7) is 4.61. The monoisotopic (exact) mass is 886 g/mol. The second-order valence-corrected chi connectivity index (χ2v) is 18.1. The number of carbonyl (C=O) groups excluding carboxylic acids is 3. The van der Waals surface area contributed by atoms with E-state index in [4.69, 9.17) is 18.9 Å². The molecule has 2 atom stereocenters. The maximum Gasteiger partial charge on any atom is 0.306 e. The Bertz CT molecular complexity index is 1220. The highest BCUT2D eigenvalue weighted by atomic mass is 16.7. The highest BCUT2D eigenvalue weighted by molar-refractivity contribution is 5.70. The predicted molar refractivity (Wildman–Crippen MR) is 260 cm³/mol. The van der Waals surface area contributed by atoms with Gasteiger partial charge in [-0.25, -0.2) is 0 Å². The van der Waals surface area contributed by atoms with Crippen molar-refractivity contribution in [3.8, 4) is 0 Å². The largest absolute Gasteiger partial charge is 0.545 e. The highest BCUT2D eigenvalue weighted by Gasteiger charge is 2.21. The minimum Gasteiger partial charge on any atom is -0.545 e. The van der Waals surface area contributed by atoms with Crippen LogP contribution in [0.2, 0.25) is 0 Å². The summed E-state index contributed by atoms with van der Waals surface area (Å²) in [5.74, 6) is -2.31. The summed E-state index contributed by atoms with van der Waals surface area (Å²) in [4.78, 5) is 37.1. The van der Waals surface area contributed by atoms with Gasteiger partial charge in [0.1, 0.15) is 13.2 Å². The van der Waals surface area contributed by atoms with Gasteiger partial charge in [0.2, 0.25) is 0 Å². The third-order valence-electron chi connectivity index (χ3n) is 10.7.